The number of H-pyrrole nitrogens is 1. The van der Waals surface area contributed by atoms with E-state index in [-0.39, 0.29) is 64.8 Å². The molecule has 7 nitrogen and oxygen atoms in total. The summed E-state index contributed by atoms with van der Waals surface area (Å²) in [6.45, 7) is -2.97. The van der Waals surface area contributed by atoms with Gasteiger partial charge in [0.15, 0.2) is 16.7 Å². The van der Waals surface area contributed by atoms with Gasteiger partial charge in [0.2, 0.25) is 0 Å². The van der Waals surface area contributed by atoms with E-state index in [0.29, 0.717) is 11.0 Å². The maximum Gasteiger partial charge on any atom is 1.00 e. The molecule has 0 saturated carbocycles. The molecule has 0 fully saturated rings. The van der Waals surface area contributed by atoms with Crippen LogP contribution in [0.4, 0.5) is 8.78 Å². The van der Waals surface area contributed by atoms with Crippen molar-refractivity contribution in [3.63, 3.8) is 0 Å². The zero-order chi connectivity index (χ0) is 21.2. The first kappa shape index (κ1) is 17.4. The van der Waals surface area contributed by atoms with Crippen LogP contribution in [0.5, 0.6) is 17.2 Å². The van der Waals surface area contributed by atoms with Crippen molar-refractivity contribution in [3.05, 3.63) is 36.2 Å². The van der Waals surface area contributed by atoms with E-state index in [4.69, 9.17) is 13.6 Å². The first-order valence-electron chi connectivity index (χ1n) is 8.70. The molecule has 0 bridgehead atoms. The summed E-state index contributed by atoms with van der Waals surface area (Å²) < 4.78 is 73.4. The van der Waals surface area contributed by atoms with E-state index in [2.05, 4.69) is 19.7 Å². The van der Waals surface area contributed by atoms with Gasteiger partial charge in [-0.25, -0.2) is 4.98 Å². The molecule has 11 heteroatoms. The topological polar surface area (TPSA) is 86.3 Å². The van der Waals surface area contributed by atoms with E-state index < -0.39 is 24.4 Å². The molecule has 140 valence electrons. The average molecular weight is 410 g/mol. The monoisotopic (exact) mass is 410 g/mol. The molecule has 0 spiro atoms. The summed E-state index contributed by atoms with van der Waals surface area (Å²) in [5.41, 5.74) is 0.982. The van der Waals surface area contributed by atoms with Gasteiger partial charge >= 0.3 is 36.2 Å². The third-order valence-electron chi connectivity index (χ3n) is 3.40. The van der Waals surface area contributed by atoms with Gasteiger partial charge in [-0.05, 0) is 12.1 Å². The van der Waals surface area contributed by atoms with Gasteiger partial charge in [0, 0.05) is 18.3 Å². The molecule has 3 rings (SSSR count). The summed E-state index contributed by atoms with van der Waals surface area (Å²) in [6.07, 6.45) is 1.31. The van der Waals surface area contributed by atoms with Crippen molar-refractivity contribution >= 4 is 21.8 Å². The van der Waals surface area contributed by atoms with Crippen LogP contribution in [-0.4, -0.2) is 39.9 Å². The molecule has 1 unspecified atom stereocenters. The first-order valence-corrected chi connectivity index (χ1v) is 8.52. The quantitative estimate of drug-likeness (QED) is 0.552. The molecule has 27 heavy (non-hydrogen) atoms. The van der Waals surface area contributed by atoms with Crippen molar-refractivity contribution in [3.8, 4) is 17.2 Å². The Kier molecular flexibility index (Phi) is 6.07. The number of nitrogens with zero attached hydrogens (tertiary/aromatic N) is 2. The van der Waals surface area contributed by atoms with Gasteiger partial charge in [0.05, 0.1) is 51.5 Å². The fourth-order valence-electron chi connectivity index (χ4n) is 2.31. The van der Waals surface area contributed by atoms with E-state index in [1.54, 1.807) is 0 Å². The molecule has 2 heterocycles. The van der Waals surface area contributed by atoms with E-state index in [9.17, 15) is 13.0 Å². The zero-order valence-electron chi connectivity index (χ0n) is 18.4. The Labute approximate surface area is 183 Å². The maximum absolute atomic E-state index is 12.7. The Morgan fingerprint density at radius 3 is 2.89 bits per heavy atom. The zero-order valence-corrected chi connectivity index (χ0v) is 17.2. The van der Waals surface area contributed by atoms with Crippen molar-refractivity contribution in [2.24, 2.45) is 0 Å². The number of hydrogen-bond donors (Lipinski definition) is 1. The van der Waals surface area contributed by atoms with Crippen LogP contribution < -0.4 is 43.8 Å². The molecule has 3 aromatic rings. The van der Waals surface area contributed by atoms with E-state index in [1.165, 1.54) is 37.6 Å². The molecule has 1 aromatic carbocycles. The van der Waals surface area contributed by atoms with Crippen LogP contribution in [-0.2, 0) is 16.6 Å². The van der Waals surface area contributed by atoms with Crippen LogP contribution >= 0.6 is 0 Å². The minimum atomic E-state index is -2.97. The third kappa shape index (κ3) is 4.95. The van der Waals surface area contributed by atoms with Crippen molar-refractivity contribution in [1.29, 1.82) is 0 Å². The molecule has 1 N–H and O–H groups in total. The summed E-state index contributed by atoms with van der Waals surface area (Å²) in [7, 11) is -3.11. The Hall–Kier alpha value is -1.75. The molecule has 0 aliphatic carbocycles. The largest absolute Gasteiger partial charge is 1.00 e. The second-order valence-electron chi connectivity index (χ2n) is 4.98. The van der Waals surface area contributed by atoms with Gasteiger partial charge in [0.1, 0.15) is 5.75 Å². The molecular formula is C16H16F2N3NaO4S. The van der Waals surface area contributed by atoms with Gasteiger partial charge < -0.3 is 20.6 Å². The number of benzene rings is 1. The SMILES string of the molecule is [2H]C([2H])([2H])Oc1ccnc(CS(=O)c2nc3ccc(OC(F)F)cc3[nH]2)c1OC.[H-].[Na+]. The van der Waals surface area contributed by atoms with E-state index in [1.807, 2.05) is 0 Å². The summed E-state index contributed by atoms with van der Waals surface area (Å²) in [5, 5.41) is 0.0835. The Balaban J connectivity index is 0.00000240. The third-order valence-corrected chi connectivity index (χ3v) is 4.56. The van der Waals surface area contributed by atoms with Crippen LogP contribution in [0.3, 0.4) is 0 Å². The number of hydrogen-bond acceptors (Lipinski definition) is 6. The molecule has 0 aliphatic heterocycles. The first-order chi connectivity index (χ1) is 13.7. The number of ether oxygens (including phenoxy) is 3. The standard InChI is InChI=1S/C16H15F2N3O4S.Na.H/c1-23-13-5-6-19-12(14(13)24-2)8-26(22)16-20-10-4-3-9(25-15(17)18)7-11(10)21-16;;/h3-7,15H,8H2,1-2H3,(H,20,21);;/q;+1;-1/i1D3;;. The number of pyridine rings is 1. The minimum absolute atomic E-state index is 0. The Morgan fingerprint density at radius 2 is 2.19 bits per heavy atom. The van der Waals surface area contributed by atoms with Crippen LogP contribution in [0.25, 0.3) is 11.0 Å². The Morgan fingerprint density at radius 1 is 1.37 bits per heavy atom. The van der Waals surface area contributed by atoms with E-state index in [0.717, 1.165) is 0 Å². The number of rotatable bonds is 7. The van der Waals surface area contributed by atoms with Gasteiger partial charge in [0.25, 0.3) is 0 Å². The van der Waals surface area contributed by atoms with Gasteiger partial charge in [-0.1, -0.05) is 0 Å². The maximum atomic E-state index is 12.7. The van der Waals surface area contributed by atoms with Gasteiger partial charge in [-0.15, -0.1) is 0 Å². The molecule has 0 aliphatic rings. The summed E-state index contributed by atoms with van der Waals surface area (Å²) >= 11 is 0. The van der Waals surface area contributed by atoms with Crippen molar-refractivity contribution in [1.82, 2.24) is 15.0 Å². The van der Waals surface area contributed by atoms with Gasteiger partial charge in [-0.3, -0.25) is 9.19 Å². The summed E-state index contributed by atoms with van der Waals surface area (Å²) in [4.78, 5) is 11.1. The number of aromatic nitrogens is 3. The number of halogens is 2. The van der Waals surface area contributed by atoms with Crippen LogP contribution in [0.2, 0.25) is 0 Å². The van der Waals surface area contributed by atoms with Crippen molar-refractivity contribution in [2.45, 2.75) is 17.5 Å². The molecular weight excluding hydrogens is 391 g/mol. The molecule has 0 amide bonds. The molecule has 2 aromatic heterocycles. The van der Waals surface area contributed by atoms with Crippen LogP contribution in [0, 0.1) is 0 Å². The number of fused-ring (bicyclic) bond motifs is 1. The number of nitrogens with one attached hydrogen (secondary N) is 1. The van der Waals surface area contributed by atoms with Crippen molar-refractivity contribution in [2.75, 3.05) is 14.1 Å². The normalized spacial score (nSPS) is 14.0. The molecule has 0 radical (unpaired) electrons. The Bertz CT molecular complexity index is 1060. The van der Waals surface area contributed by atoms with Gasteiger partial charge in [-0.2, -0.15) is 8.78 Å². The molecule has 0 saturated heterocycles. The van der Waals surface area contributed by atoms with Crippen LogP contribution in [0.15, 0.2) is 35.6 Å². The number of imidazole rings is 1. The predicted octanol–water partition coefficient (Wildman–Crippen LogP) is 0.000800. The predicted molar refractivity (Wildman–Crippen MR) is 91.3 cm³/mol. The smallest absolute Gasteiger partial charge is 1.00 e. The number of alkyl halides is 2. The second kappa shape index (κ2) is 9.45. The average Bonchev–Trinajstić information content (AvgIpc) is 3.03. The summed E-state index contributed by atoms with van der Waals surface area (Å²) in [6, 6.07) is 5.41. The minimum Gasteiger partial charge on any atom is -1.00 e. The fourth-order valence-corrected chi connectivity index (χ4v) is 3.33. The second-order valence-corrected chi connectivity index (χ2v) is 6.35. The molecule has 1 atom stereocenters. The fraction of sp³-hybridized carbons (Fsp3) is 0.250. The van der Waals surface area contributed by atoms with Crippen LogP contribution in [0.1, 0.15) is 11.2 Å². The summed E-state index contributed by atoms with van der Waals surface area (Å²) in [5.74, 6) is -0.235. The van der Waals surface area contributed by atoms with Crippen molar-refractivity contribution < 1.29 is 62.3 Å². The number of methoxy groups -OCH3 is 2. The number of aromatic amines is 1. The van der Waals surface area contributed by atoms with E-state index >= 15 is 0 Å².